The number of fused-ring (bicyclic) bond motifs is 2. The SMILES string of the molecule is COc1ccc(NC(=O)COc2ccc(Br)cc2[C@H]2c3sc(=O)[nH]c3SC3C(=O)N(c4ccccc4)C(=O)C32)cc1. The first-order valence-electron chi connectivity index (χ1n) is 12.5. The van der Waals surface area contributed by atoms with Crippen LogP contribution in [0.1, 0.15) is 16.4 Å². The van der Waals surface area contributed by atoms with Crippen molar-refractivity contribution in [3.8, 4) is 11.5 Å². The summed E-state index contributed by atoms with van der Waals surface area (Å²) >= 11 is 5.73. The van der Waals surface area contributed by atoms with Gasteiger partial charge in [0.1, 0.15) is 16.7 Å². The normalized spacial score (nSPS) is 19.5. The molecule has 3 aromatic carbocycles. The Morgan fingerprint density at radius 2 is 1.78 bits per heavy atom. The molecule has 0 radical (unpaired) electrons. The number of amides is 3. The number of nitrogens with one attached hydrogen (secondary N) is 2. The third-order valence-corrected chi connectivity index (χ3v) is 9.77. The Morgan fingerprint density at radius 3 is 2.51 bits per heavy atom. The monoisotopic (exact) mass is 651 g/mol. The Morgan fingerprint density at radius 1 is 1.02 bits per heavy atom. The van der Waals surface area contributed by atoms with Crippen LogP contribution in [0, 0.1) is 5.92 Å². The minimum absolute atomic E-state index is 0.274. The minimum Gasteiger partial charge on any atom is -0.497 e. The summed E-state index contributed by atoms with van der Waals surface area (Å²) in [4.78, 5) is 57.2. The zero-order chi connectivity index (χ0) is 28.7. The number of carbonyl (C=O) groups is 3. The molecule has 2 unspecified atom stereocenters. The number of nitrogens with zero attached hydrogens (tertiary/aromatic N) is 1. The lowest BCUT2D eigenvalue weighted by Crippen LogP contribution is -2.32. The van der Waals surface area contributed by atoms with Crippen LogP contribution in [0.15, 0.2) is 87.1 Å². The second kappa shape index (κ2) is 11.2. The number of hydrogen-bond acceptors (Lipinski definition) is 8. The zero-order valence-electron chi connectivity index (χ0n) is 21.5. The summed E-state index contributed by atoms with van der Waals surface area (Å²) in [6, 6.07) is 21.0. The third kappa shape index (κ3) is 5.18. The number of para-hydroxylation sites is 1. The van der Waals surface area contributed by atoms with Crippen LogP contribution in [0.5, 0.6) is 11.5 Å². The molecular formula is C29H22BrN3O6S2. The van der Waals surface area contributed by atoms with Crippen LogP contribution in [-0.4, -0.2) is 41.7 Å². The highest BCUT2D eigenvalue weighted by Crippen LogP contribution is 2.54. The zero-order valence-corrected chi connectivity index (χ0v) is 24.7. The van der Waals surface area contributed by atoms with E-state index in [2.05, 4.69) is 26.2 Å². The van der Waals surface area contributed by atoms with Gasteiger partial charge in [0.15, 0.2) is 6.61 Å². The second-order valence-electron chi connectivity index (χ2n) is 9.34. The molecule has 1 aromatic heterocycles. The van der Waals surface area contributed by atoms with Crippen LogP contribution in [0.2, 0.25) is 0 Å². The molecule has 3 heterocycles. The fourth-order valence-corrected chi connectivity index (χ4v) is 7.98. The number of H-pyrrole nitrogens is 1. The predicted molar refractivity (Wildman–Crippen MR) is 160 cm³/mol. The molecule has 3 amide bonds. The van der Waals surface area contributed by atoms with E-state index in [1.54, 1.807) is 67.8 Å². The van der Waals surface area contributed by atoms with Crippen LogP contribution in [0.25, 0.3) is 0 Å². The van der Waals surface area contributed by atoms with Crippen molar-refractivity contribution in [2.24, 2.45) is 5.92 Å². The van der Waals surface area contributed by atoms with Crippen LogP contribution < -0.4 is 24.6 Å². The lowest BCUT2D eigenvalue weighted by Gasteiger charge is -2.31. The molecule has 0 spiro atoms. The van der Waals surface area contributed by atoms with Crippen molar-refractivity contribution in [3.05, 3.63) is 97.4 Å². The van der Waals surface area contributed by atoms with Crippen molar-refractivity contribution in [1.29, 1.82) is 0 Å². The number of thioether (sulfide) groups is 1. The molecule has 9 nitrogen and oxygen atoms in total. The molecule has 6 rings (SSSR count). The highest BCUT2D eigenvalue weighted by Gasteiger charge is 2.56. The number of benzene rings is 3. The molecular weight excluding hydrogens is 630 g/mol. The Bertz CT molecular complexity index is 1710. The molecule has 0 saturated carbocycles. The Hall–Kier alpha value is -3.87. The predicted octanol–water partition coefficient (Wildman–Crippen LogP) is 5.02. The number of rotatable bonds is 7. The van der Waals surface area contributed by atoms with Crippen molar-refractivity contribution < 1.29 is 23.9 Å². The lowest BCUT2D eigenvalue weighted by atomic mass is 9.82. The number of imide groups is 1. The summed E-state index contributed by atoms with van der Waals surface area (Å²) in [6.07, 6.45) is 0. The minimum atomic E-state index is -0.781. The summed E-state index contributed by atoms with van der Waals surface area (Å²) in [6.45, 7) is -0.296. The maximum Gasteiger partial charge on any atom is 0.305 e. The van der Waals surface area contributed by atoms with E-state index in [0.29, 0.717) is 38.3 Å². The Balaban J connectivity index is 1.34. The molecule has 1 saturated heterocycles. The number of ether oxygens (including phenoxy) is 2. The first-order chi connectivity index (χ1) is 19.8. The van der Waals surface area contributed by atoms with E-state index >= 15 is 0 Å². The van der Waals surface area contributed by atoms with Gasteiger partial charge in [0.25, 0.3) is 5.91 Å². The van der Waals surface area contributed by atoms with Crippen LogP contribution in [0.3, 0.4) is 0 Å². The van der Waals surface area contributed by atoms with Gasteiger partial charge in [-0.1, -0.05) is 57.2 Å². The summed E-state index contributed by atoms with van der Waals surface area (Å²) < 4.78 is 11.9. The smallest absolute Gasteiger partial charge is 0.305 e. The summed E-state index contributed by atoms with van der Waals surface area (Å²) in [5, 5.41) is 2.61. The van der Waals surface area contributed by atoms with E-state index in [-0.39, 0.29) is 29.2 Å². The average molecular weight is 653 g/mol. The average Bonchev–Trinajstić information content (AvgIpc) is 3.47. The van der Waals surface area contributed by atoms with Gasteiger partial charge in [0, 0.05) is 26.5 Å². The van der Waals surface area contributed by atoms with E-state index in [0.717, 1.165) is 15.8 Å². The molecule has 2 aliphatic heterocycles. The van der Waals surface area contributed by atoms with Gasteiger partial charge in [0.05, 0.1) is 23.7 Å². The summed E-state index contributed by atoms with van der Waals surface area (Å²) in [5.41, 5.74) is 1.67. The molecule has 3 atom stereocenters. The van der Waals surface area contributed by atoms with Crippen LogP contribution in [-0.2, 0) is 14.4 Å². The number of hydrogen-bond donors (Lipinski definition) is 2. The van der Waals surface area contributed by atoms with E-state index < -0.39 is 17.1 Å². The Kier molecular flexibility index (Phi) is 7.45. The van der Waals surface area contributed by atoms with Gasteiger partial charge in [-0.25, -0.2) is 4.90 Å². The van der Waals surface area contributed by atoms with Gasteiger partial charge < -0.3 is 19.8 Å². The van der Waals surface area contributed by atoms with Crippen LogP contribution in [0.4, 0.5) is 11.4 Å². The number of carbonyl (C=O) groups excluding carboxylic acids is 3. The fraction of sp³-hybridized carbons (Fsp3) is 0.172. The van der Waals surface area contributed by atoms with E-state index in [1.807, 2.05) is 12.1 Å². The van der Waals surface area contributed by atoms with Crippen molar-refractivity contribution >= 4 is 68.1 Å². The maximum atomic E-state index is 13.9. The Labute approximate surface area is 251 Å². The first kappa shape index (κ1) is 27.3. The summed E-state index contributed by atoms with van der Waals surface area (Å²) in [5.74, 6) is -1.46. The molecule has 2 aliphatic rings. The van der Waals surface area contributed by atoms with Crippen molar-refractivity contribution in [3.63, 3.8) is 0 Å². The van der Waals surface area contributed by atoms with Crippen LogP contribution >= 0.6 is 39.0 Å². The molecule has 1 fully saturated rings. The maximum absolute atomic E-state index is 13.9. The van der Waals surface area contributed by atoms with Crippen molar-refractivity contribution in [2.75, 3.05) is 23.9 Å². The molecule has 208 valence electrons. The third-order valence-electron chi connectivity index (χ3n) is 6.88. The van der Waals surface area contributed by atoms with Gasteiger partial charge in [0.2, 0.25) is 11.8 Å². The van der Waals surface area contributed by atoms with Gasteiger partial charge in [-0.15, -0.1) is 0 Å². The number of aromatic amines is 1. The standard InChI is InChI=1S/C29H22BrN3O6S2/c1-38-18-10-8-16(9-11-18)31-21(34)14-39-20-12-7-15(30)13-19(20)22-23-25(40-26-24(22)41-29(37)32-26)28(36)33(27(23)35)17-5-3-2-4-6-17/h2-13,22-23,25H,14H2,1H3,(H,31,34)(H,32,37)/t22-,23?,25?/m1/s1. The van der Waals surface area contributed by atoms with E-state index in [4.69, 9.17) is 9.47 Å². The molecule has 0 aliphatic carbocycles. The molecule has 12 heteroatoms. The highest BCUT2D eigenvalue weighted by atomic mass is 79.9. The fourth-order valence-electron chi connectivity index (χ4n) is 5.09. The van der Waals surface area contributed by atoms with Gasteiger partial charge in [-0.05, 0) is 54.6 Å². The number of methoxy groups -OCH3 is 1. The number of anilines is 2. The highest BCUT2D eigenvalue weighted by molar-refractivity contribution is 9.10. The van der Waals surface area contributed by atoms with Gasteiger partial charge in [-0.2, -0.15) is 0 Å². The van der Waals surface area contributed by atoms with E-state index in [1.165, 1.54) is 16.7 Å². The molecule has 4 aromatic rings. The van der Waals surface area contributed by atoms with Gasteiger partial charge in [-0.3, -0.25) is 19.2 Å². The molecule has 2 N–H and O–H groups in total. The lowest BCUT2D eigenvalue weighted by molar-refractivity contribution is -0.122. The number of halogens is 1. The second-order valence-corrected chi connectivity index (χ2v) is 12.4. The number of aromatic nitrogens is 1. The van der Waals surface area contributed by atoms with Crippen molar-refractivity contribution in [2.45, 2.75) is 16.2 Å². The molecule has 41 heavy (non-hydrogen) atoms. The topological polar surface area (TPSA) is 118 Å². The quantitative estimate of drug-likeness (QED) is 0.269. The van der Waals surface area contributed by atoms with E-state index in [9.17, 15) is 19.2 Å². The first-order valence-corrected chi connectivity index (χ1v) is 15.0. The van der Waals surface area contributed by atoms with Crippen molar-refractivity contribution in [1.82, 2.24) is 4.98 Å². The summed E-state index contributed by atoms with van der Waals surface area (Å²) in [7, 11) is 1.56. The largest absolute Gasteiger partial charge is 0.497 e. The molecule has 0 bridgehead atoms. The van der Waals surface area contributed by atoms with Gasteiger partial charge >= 0.3 is 4.87 Å². The number of thiazole rings is 1.